The van der Waals surface area contributed by atoms with Gasteiger partial charge in [-0.1, -0.05) is 11.6 Å². The normalized spacial score (nSPS) is 10.8. The predicted octanol–water partition coefficient (Wildman–Crippen LogP) is 1.42. The second-order valence-corrected chi connectivity index (χ2v) is 2.93. The number of halogens is 1. The van der Waals surface area contributed by atoms with E-state index in [0.29, 0.717) is 21.0 Å². The number of benzene rings is 1. The van der Waals surface area contributed by atoms with Crippen molar-refractivity contribution in [2.75, 3.05) is 0 Å². The molecule has 0 saturated heterocycles. The molecule has 1 aromatic carbocycles. The van der Waals surface area contributed by atoms with Crippen LogP contribution in [-0.4, -0.2) is 5.16 Å². The van der Waals surface area contributed by atoms with Gasteiger partial charge in [0.1, 0.15) is 0 Å². The van der Waals surface area contributed by atoms with E-state index in [9.17, 15) is 5.21 Å². The van der Waals surface area contributed by atoms with E-state index in [1.54, 1.807) is 12.1 Å². The molecule has 1 heterocycles. The zero-order valence-electron chi connectivity index (χ0n) is 6.24. The van der Waals surface area contributed by atoms with Gasteiger partial charge < -0.3 is 5.21 Å². The number of hydrogen-bond acceptors (Lipinski definition) is 3. The first kappa shape index (κ1) is 7.36. The SMILES string of the molecule is Cc1cc2c(cc1Cl)no[n+]2[O-]. The topological polar surface area (TPSA) is 53.0 Å². The van der Waals surface area contributed by atoms with Crippen LogP contribution in [0.1, 0.15) is 5.56 Å². The Hall–Kier alpha value is -1.29. The molecule has 0 radical (unpaired) electrons. The summed E-state index contributed by atoms with van der Waals surface area (Å²) in [5.74, 6) is 0. The number of fused-ring (bicyclic) bond motifs is 1. The summed E-state index contributed by atoms with van der Waals surface area (Å²) in [6.07, 6.45) is 0. The van der Waals surface area contributed by atoms with Gasteiger partial charge >= 0.3 is 0 Å². The maximum atomic E-state index is 10.9. The van der Waals surface area contributed by atoms with Gasteiger partial charge in [0.05, 0.1) is 0 Å². The molecule has 0 spiro atoms. The van der Waals surface area contributed by atoms with Crippen molar-refractivity contribution in [3.05, 3.63) is 27.9 Å². The maximum absolute atomic E-state index is 10.9. The average Bonchev–Trinajstić information content (AvgIpc) is 2.35. The highest BCUT2D eigenvalue weighted by molar-refractivity contribution is 6.31. The lowest BCUT2D eigenvalue weighted by molar-refractivity contribution is -0.782. The summed E-state index contributed by atoms with van der Waals surface area (Å²) in [7, 11) is 0. The highest BCUT2D eigenvalue weighted by Crippen LogP contribution is 2.19. The van der Waals surface area contributed by atoms with Gasteiger partial charge in [-0.15, -0.1) is 0 Å². The molecule has 0 fully saturated rings. The van der Waals surface area contributed by atoms with Crippen molar-refractivity contribution in [3.63, 3.8) is 0 Å². The highest BCUT2D eigenvalue weighted by Gasteiger charge is 2.10. The fraction of sp³-hybridized carbons (Fsp3) is 0.143. The first-order valence-electron chi connectivity index (χ1n) is 3.34. The van der Waals surface area contributed by atoms with Crippen LogP contribution >= 0.6 is 11.6 Å². The molecule has 0 unspecified atom stereocenters. The highest BCUT2D eigenvalue weighted by atomic mass is 35.5. The smallest absolute Gasteiger partial charge is 0.250 e. The van der Waals surface area contributed by atoms with Gasteiger partial charge in [0.15, 0.2) is 0 Å². The van der Waals surface area contributed by atoms with Crippen molar-refractivity contribution in [2.45, 2.75) is 6.92 Å². The van der Waals surface area contributed by atoms with Gasteiger partial charge in [0.25, 0.3) is 0 Å². The van der Waals surface area contributed by atoms with E-state index >= 15 is 0 Å². The van der Waals surface area contributed by atoms with E-state index in [4.69, 9.17) is 11.6 Å². The van der Waals surface area contributed by atoms with Gasteiger partial charge in [0.2, 0.25) is 11.0 Å². The van der Waals surface area contributed by atoms with Crippen LogP contribution in [0.2, 0.25) is 5.02 Å². The lowest BCUT2D eigenvalue weighted by Crippen LogP contribution is -2.22. The third-order valence-electron chi connectivity index (χ3n) is 1.67. The van der Waals surface area contributed by atoms with Crippen molar-refractivity contribution >= 4 is 22.6 Å². The minimum atomic E-state index is 0.360. The molecule has 2 rings (SSSR count). The van der Waals surface area contributed by atoms with E-state index in [0.717, 1.165) is 5.56 Å². The summed E-state index contributed by atoms with van der Waals surface area (Å²) >= 11 is 5.80. The summed E-state index contributed by atoms with van der Waals surface area (Å²) in [6, 6.07) is 3.24. The Labute approximate surface area is 72.9 Å². The number of nitrogens with zero attached hydrogens (tertiary/aromatic N) is 2. The zero-order valence-corrected chi connectivity index (χ0v) is 7.00. The molecule has 2 aromatic rings. The predicted molar refractivity (Wildman–Crippen MR) is 42.7 cm³/mol. The molecular weight excluding hydrogens is 180 g/mol. The molecule has 1 aromatic heterocycles. The summed E-state index contributed by atoms with van der Waals surface area (Å²) in [4.78, 5) is 0.360. The molecule has 0 N–H and O–H groups in total. The fourth-order valence-corrected chi connectivity index (χ4v) is 1.16. The van der Waals surface area contributed by atoms with Crippen LogP contribution in [0.25, 0.3) is 11.0 Å². The van der Waals surface area contributed by atoms with Crippen molar-refractivity contribution < 1.29 is 9.53 Å². The Balaban J connectivity index is 2.87. The molecular formula is C7H5ClN2O2. The molecule has 0 atom stereocenters. The summed E-state index contributed by atoms with van der Waals surface area (Å²) in [5.41, 5.74) is 1.70. The number of rotatable bonds is 0. The monoisotopic (exact) mass is 184 g/mol. The number of hydrogen-bond donors (Lipinski definition) is 0. The standard InChI is InChI=1S/C7H5ClN2O2/c1-4-2-7-6(3-5(4)8)9-12-10(7)11/h2-3H,1H3. The van der Waals surface area contributed by atoms with Crippen molar-refractivity contribution in [1.82, 2.24) is 5.16 Å². The van der Waals surface area contributed by atoms with E-state index < -0.39 is 0 Å². The van der Waals surface area contributed by atoms with E-state index in [1.165, 1.54) is 0 Å². The first-order chi connectivity index (χ1) is 5.68. The van der Waals surface area contributed by atoms with Crippen LogP contribution in [-0.2, 0) is 0 Å². The number of aryl methyl sites for hydroxylation is 1. The van der Waals surface area contributed by atoms with Gasteiger partial charge in [-0.2, -0.15) is 0 Å². The maximum Gasteiger partial charge on any atom is 0.250 e. The molecule has 0 aliphatic heterocycles. The third-order valence-corrected chi connectivity index (χ3v) is 2.07. The molecule has 0 bridgehead atoms. The minimum Gasteiger partial charge on any atom is -0.359 e. The quantitative estimate of drug-likeness (QED) is 0.582. The van der Waals surface area contributed by atoms with Crippen LogP contribution in [0.3, 0.4) is 0 Å². The molecule has 4 nitrogen and oxygen atoms in total. The van der Waals surface area contributed by atoms with E-state index in [2.05, 4.69) is 9.79 Å². The first-order valence-corrected chi connectivity index (χ1v) is 3.72. The van der Waals surface area contributed by atoms with Crippen molar-refractivity contribution in [2.24, 2.45) is 0 Å². The van der Waals surface area contributed by atoms with E-state index in [-0.39, 0.29) is 0 Å². The van der Waals surface area contributed by atoms with E-state index in [1.807, 2.05) is 6.92 Å². The molecule has 12 heavy (non-hydrogen) atoms. The van der Waals surface area contributed by atoms with Crippen LogP contribution in [0.15, 0.2) is 16.8 Å². The molecule has 5 heteroatoms. The Kier molecular flexibility index (Phi) is 1.44. The lowest BCUT2D eigenvalue weighted by Gasteiger charge is -1.92. The summed E-state index contributed by atoms with van der Waals surface area (Å²) < 4.78 is 4.38. The van der Waals surface area contributed by atoms with Gasteiger partial charge in [0, 0.05) is 16.2 Å². The molecule has 0 amide bonds. The fourth-order valence-electron chi connectivity index (χ4n) is 1.00. The van der Waals surface area contributed by atoms with Crippen LogP contribution in [0.5, 0.6) is 0 Å². The Morgan fingerprint density at radius 1 is 1.58 bits per heavy atom. The summed E-state index contributed by atoms with van der Waals surface area (Å²) in [6.45, 7) is 1.81. The second kappa shape index (κ2) is 2.35. The van der Waals surface area contributed by atoms with Crippen LogP contribution in [0, 0.1) is 12.1 Å². The number of aromatic nitrogens is 2. The minimum absolute atomic E-state index is 0.360. The summed E-state index contributed by atoms with van der Waals surface area (Å²) in [5, 5.41) is 15.0. The molecule has 62 valence electrons. The zero-order chi connectivity index (χ0) is 8.72. The van der Waals surface area contributed by atoms with Gasteiger partial charge in [-0.25, -0.2) is 0 Å². The lowest BCUT2D eigenvalue weighted by atomic mass is 10.2. The third kappa shape index (κ3) is 0.921. The molecule has 0 saturated carbocycles. The van der Waals surface area contributed by atoms with Crippen LogP contribution in [0.4, 0.5) is 0 Å². The van der Waals surface area contributed by atoms with Gasteiger partial charge in [-0.3, -0.25) is 4.63 Å². The van der Waals surface area contributed by atoms with Gasteiger partial charge in [-0.05, 0) is 23.5 Å². The van der Waals surface area contributed by atoms with Crippen molar-refractivity contribution in [1.29, 1.82) is 0 Å². The van der Waals surface area contributed by atoms with Crippen molar-refractivity contribution in [3.8, 4) is 0 Å². The Bertz CT molecular complexity index is 438. The van der Waals surface area contributed by atoms with Crippen LogP contribution < -0.4 is 4.90 Å². The second-order valence-electron chi connectivity index (χ2n) is 2.52. The average molecular weight is 185 g/mol. The Morgan fingerprint density at radius 2 is 2.33 bits per heavy atom. The largest absolute Gasteiger partial charge is 0.359 e. The molecule has 0 aliphatic rings. The Morgan fingerprint density at radius 3 is 3.08 bits per heavy atom. The molecule has 0 aliphatic carbocycles.